The Bertz CT molecular complexity index is 604. The molecular weight excluding hydrogens is 244 g/mol. The van der Waals surface area contributed by atoms with Crippen molar-refractivity contribution in [3.8, 4) is 5.75 Å². The van der Waals surface area contributed by atoms with Gasteiger partial charge in [-0.25, -0.2) is 0 Å². The molecule has 2 rings (SSSR count). The summed E-state index contributed by atoms with van der Waals surface area (Å²) in [6, 6.07) is 7.47. The van der Waals surface area contributed by atoms with Crippen LogP contribution < -0.4 is 10.5 Å². The molecular formula is C13H16N4O2. The lowest BCUT2D eigenvalue weighted by atomic mass is 10.1. The normalized spacial score (nSPS) is 11.6. The molecule has 0 fully saturated rings. The van der Waals surface area contributed by atoms with E-state index in [1.165, 1.54) is 0 Å². The number of amidine groups is 1. The summed E-state index contributed by atoms with van der Waals surface area (Å²) < 4.78 is 7.01. The fraction of sp³-hybridized carbons (Fsp3) is 0.231. The first-order valence-corrected chi connectivity index (χ1v) is 5.79. The number of benzene rings is 1. The van der Waals surface area contributed by atoms with Crippen LogP contribution in [0.3, 0.4) is 0 Å². The third kappa shape index (κ3) is 2.85. The number of rotatable bonds is 4. The smallest absolute Gasteiger partial charge is 0.173 e. The number of hydrogen-bond donors (Lipinski definition) is 2. The number of aryl methyl sites for hydroxylation is 1. The van der Waals surface area contributed by atoms with Gasteiger partial charge in [0.25, 0.3) is 0 Å². The van der Waals surface area contributed by atoms with Gasteiger partial charge in [-0.05, 0) is 30.7 Å². The summed E-state index contributed by atoms with van der Waals surface area (Å²) >= 11 is 0. The van der Waals surface area contributed by atoms with Gasteiger partial charge in [0.05, 0.1) is 24.9 Å². The Morgan fingerprint density at radius 3 is 2.84 bits per heavy atom. The third-order valence-corrected chi connectivity index (χ3v) is 2.77. The van der Waals surface area contributed by atoms with E-state index in [1.807, 2.05) is 36.0 Å². The second-order valence-corrected chi connectivity index (χ2v) is 4.17. The standard InChI is InChI=1S/C13H16N4O2/c1-9-5-6-17(15-9)8-10-3-4-12(19-2)11(7-10)13(14)16-18/h3-7,18H,8H2,1-2H3,(H2,14,16). The largest absolute Gasteiger partial charge is 0.496 e. The SMILES string of the molecule is COc1ccc(Cn2ccc(C)n2)cc1C(N)=NO. The van der Waals surface area contributed by atoms with Crippen LogP contribution in [-0.4, -0.2) is 27.9 Å². The minimum atomic E-state index is 0.0235. The summed E-state index contributed by atoms with van der Waals surface area (Å²) in [5, 5.41) is 16.1. The van der Waals surface area contributed by atoms with Gasteiger partial charge in [-0.1, -0.05) is 11.2 Å². The number of methoxy groups -OCH3 is 1. The monoisotopic (exact) mass is 260 g/mol. The Morgan fingerprint density at radius 1 is 1.47 bits per heavy atom. The molecule has 0 atom stereocenters. The Labute approximate surface area is 111 Å². The quantitative estimate of drug-likeness (QED) is 0.376. The van der Waals surface area contributed by atoms with Crippen molar-refractivity contribution in [1.29, 1.82) is 0 Å². The predicted molar refractivity (Wildman–Crippen MR) is 71.6 cm³/mol. The number of nitrogens with two attached hydrogens (primary N) is 1. The first-order valence-electron chi connectivity index (χ1n) is 5.79. The second kappa shape index (κ2) is 5.43. The molecule has 6 heteroatoms. The maximum Gasteiger partial charge on any atom is 0.173 e. The van der Waals surface area contributed by atoms with Gasteiger partial charge in [0.1, 0.15) is 5.75 Å². The molecule has 0 aliphatic carbocycles. The minimum Gasteiger partial charge on any atom is -0.496 e. The molecule has 0 spiro atoms. The summed E-state index contributed by atoms with van der Waals surface area (Å²) in [6.07, 6.45) is 1.91. The van der Waals surface area contributed by atoms with E-state index in [2.05, 4.69) is 10.3 Å². The highest BCUT2D eigenvalue weighted by Gasteiger charge is 2.09. The van der Waals surface area contributed by atoms with Crippen LogP contribution >= 0.6 is 0 Å². The van der Waals surface area contributed by atoms with Gasteiger partial charge in [-0.3, -0.25) is 4.68 Å². The summed E-state index contributed by atoms with van der Waals surface area (Å²) in [4.78, 5) is 0. The fourth-order valence-electron chi connectivity index (χ4n) is 1.85. The van der Waals surface area contributed by atoms with Crippen LogP contribution in [0.1, 0.15) is 16.8 Å². The molecule has 100 valence electrons. The molecule has 2 aromatic rings. The van der Waals surface area contributed by atoms with Crippen LogP contribution in [0, 0.1) is 6.92 Å². The summed E-state index contributed by atoms with van der Waals surface area (Å²) in [6.45, 7) is 2.55. The first-order chi connectivity index (χ1) is 9.13. The van der Waals surface area contributed by atoms with E-state index in [-0.39, 0.29) is 5.84 Å². The Morgan fingerprint density at radius 2 is 2.26 bits per heavy atom. The molecule has 19 heavy (non-hydrogen) atoms. The van der Waals surface area contributed by atoms with Crippen LogP contribution in [0.15, 0.2) is 35.6 Å². The van der Waals surface area contributed by atoms with Crippen LogP contribution in [0.25, 0.3) is 0 Å². The minimum absolute atomic E-state index is 0.0235. The molecule has 0 unspecified atom stereocenters. The lowest BCUT2D eigenvalue weighted by Gasteiger charge is -2.09. The Kier molecular flexibility index (Phi) is 3.70. The van der Waals surface area contributed by atoms with Gasteiger partial charge in [0.2, 0.25) is 0 Å². The predicted octanol–water partition coefficient (Wildman–Crippen LogP) is 1.34. The van der Waals surface area contributed by atoms with Gasteiger partial charge < -0.3 is 15.7 Å². The second-order valence-electron chi connectivity index (χ2n) is 4.17. The van der Waals surface area contributed by atoms with Gasteiger partial charge in [-0.15, -0.1) is 0 Å². The van der Waals surface area contributed by atoms with E-state index in [0.29, 0.717) is 17.9 Å². The number of aromatic nitrogens is 2. The van der Waals surface area contributed by atoms with Gasteiger partial charge >= 0.3 is 0 Å². The van der Waals surface area contributed by atoms with Crippen molar-refractivity contribution >= 4 is 5.84 Å². The molecule has 0 radical (unpaired) electrons. The fourth-order valence-corrected chi connectivity index (χ4v) is 1.85. The molecule has 6 nitrogen and oxygen atoms in total. The average Bonchev–Trinajstić information content (AvgIpc) is 2.83. The number of oxime groups is 1. The molecule has 3 N–H and O–H groups in total. The summed E-state index contributed by atoms with van der Waals surface area (Å²) in [7, 11) is 1.54. The molecule has 0 amide bonds. The third-order valence-electron chi connectivity index (χ3n) is 2.77. The van der Waals surface area contributed by atoms with Crippen molar-refractivity contribution in [3.63, 3.8) is 0 Å². The van der Waals surface area contributed by atoms with E-state index in [1.54, 1.807) is 13.2 Å². The molecule has 1 aromatic heterocycles. The zero-order chi connectivity index (χ0) is 13.8. The highest BCUT2D eigenvalue weighted by Crippen LogP contribution is 2.20. The van der Waals surface area contributed by atoms with Crippen LogP contribution in [0.2, 0.25) is 0 Å². The molecule has 0 aliphatic heterocycles. The van der Waals surface area contributed by atoms with E-state index in [9.17, 15) is 0 Å². The van der Waals surface area contributed by atoms with Gasteiger partial charge in [0.15, 0.2) is 5.84 Å². The van der Waals surface area contributed by atoms with Crippen molar-refractivity contribution in [2.45, 2.75) is 13.5 Å². The van der Waals surface area contributed by atoms with E-state index in [4.69, 9.17) is 15.7 Å². The van der Waals surface area contributed by atoms with Crippen LogP contribution in [0.4, 0.5) is 0 Å². The lowest BCUT2D eigenvalue weighted by molar-refractivity contribution is 0.318. The Hall–Kier alpha value is -2.50. The summed E-state index contributed by atoms with van der Waals surface area (Å²) in [5.41, 5.74) is 8.15. The molecule has 0 aliphatic rings. The molecule has 1 heterocycles. The van der Waals surface area contributed by atoms with E-state index >= 15 is 0 Å². The molecule has 0 bridgehead atoms. The first kappa shape index (κ1) is 12.9. The topological polar surface area (TPSA) is 85.7 Å². The number of ether oxygens (including phenoxy) is 1. The van der Waals surface area contributed by atoms with Crippen molar-refractivity contribution in [2.75, 3.05) is 7.11 Å². The van der Waals surface area contributed by atoms with Crippen molar-refractivity contribution < 1.29 is 9.94 Å². The highest BCUT2D eigenvalue weighted by molar-refractivity contribution is 5.99. The maximum absolute atomic E-state index is 8.78. The molecule has 1 aromatic carbocycles. The molecule has 0 saturated heterocycles. The maximum atomic E-state index is 8.78. The van der Waals surface area contributed by atoms with Gasteiger partial charge in [-0.2, -0.15) is 5.10 Å². The lowest BCUT2D eigenvalue weighted by Crippen LogP contribution is -2.15. The van der Waals surface area contributed by atoms with E-state index < -0.39 is 0 Å². The van der Waals surface area contributed by atoms with Crippen molar-refractivity contribution in [3.05, 3.63) is 47.3 Å². The van der Waals surface area contributed by atoms with E-state index in [0.717, 1.165) is 11.3 Å². The van der Waals surface area contributed by atoms with Crippen molar-refractivity contribution in [2.24, 2.45) is 10.9 Å². The zero-order valence-corrected chi connectivity index (χ0v) is 10.9. The number of hydrogen-bond acceptors (Lipinski definition) is 4. The van der Waals surface area contributed by atoms with Gasteiger partial charge in [0, 0.05) is 6.20 Å². The van der Waals surface area contributed by atoms with Crippen LogP contribution in [0.5, 0.6) is 5.75 Å². The van der Waals surface area contributed by atoms with Crippen molar-refractivity contribution in [1.82, 2.24) is 9.78 Å². The average molecular weight is 260 g/mol. The Balaban J connectivity index is 2.32. The summed E-state index contributed by atoms with van der Waals surface area (Å²) in [5.74, 6) is 0.589. The van der Waals surface area contributed by atoms with Crippen LogP contribution in [-0.2, 0) is 6.54 Å². The zero-order valence-electron chi connectivity index (χ0n) is 10.9. The molecule has 0 saturated carbocycles. The number of nitrogens with zero attached hydrogens (tertiary/aromatic N) is 3. The highest BCUT2D eigenvalue weighted by atomic mass is 16.5.